The Labute approximate surface area is 173 Å². The molecule has 2 N–H and O–H groups in total. The molecule has 6 nitrogen and oxygen atoms in total. The predicted octanol–water partition coefficient (Wildman–Crippen LogP) is 4.53. The van der Waals surface area contributed by atoms with Gasteiger partial charge >= 0.3 is 6.36 Å². The van der Waals surface area contributed by atoms with Gasteiger partial charge in [0, 0.05) is 12.1 Å². The van der Waals surface area contributed by atoms with Crippen molar-refractivity contribution in [2.45, 2.75) is 19.8 Å². The van der Waals surface area contributed by atoms with Crippen LogP contribution in [0, 0.1) is 6.92 Å². The van der Waals surface area contributed by atoms with Crippen LogP contribution in [0.25, 0.3) is 0 Å². The van der Waals surface area contributed by atoms with E-state index in [1.807, 2.05) is 30.3 Å². The summed E-state index contributed by atoms with van der Waals surface area (Å²) in [5, 5.41) is 5.54. The highest BCUT2D eigenvalue weighted by molar-refractivity contribution is 7.17. The molecule has 0 aliphatic rings. The van der Waals surface area contributed by atoms with Crippen molar-refractivity contribution in [2.75, 3.05) is 5.32 Å². The number of carbonyl (C=O) groups excluding carboxylic acids is 2. The molecule has 156 valence electrons. The van der Waals surface area contributed by atoms with Crippen LogP contribution in [0.2, 0.25) is 0 Å². The number of thiazole rings is 1. The molecule has 0 radical (unpaired) electrons. The second-order valence-corrected chi connectivity index (χ2v) is 7.13. The summed E-state index contributed by atoms with van der Waals surface area (Å²) < 4.78 is 40.4. The lowest BCUT2D eigenvalue weighted by molar-refractivity contribution is -0.274. The highest BCUT2D eigenvalue weighted by atomic mass is 32.1. The first kappa shape index (κ1) is 21.3. The number of aryl methyl sites for hydroxylation is 1. The standard InChI is InChI=1S/C20H16F3N3O3S/c1-12-16(18(28)24-11-13-5-3-2-4-6-13)30-19(25-12)26-17(27)14-7-9-15(10-8-14)29-20(21,22)23/h2-10H,11H2,1H3,(H,24,28)(H,25,26,27). The van der Waals surface area contributed by atoms with Gasteiger partial charge in [0.25, 0.3) is 11.8 Å². The van der Waals surface area contributed by atoms with Crippen LogP contribution in [0.3, 0.4) is 0 Å². The Morgan fingerprint density at radius 2 is 1.70 bits per heavy atom. The molecule has 0 aliphatic heterocycles. The van der Waals surface area contributed by atoms with Crippen LogP contribution >= 0.6 is 11.3 Å². The first-order valence-electron chi connectivity index (χ1n) is 8.68. The molecule has 0 spiro atoms. The number of hydrogen-bond acceptors (Lipinski definition) is 5. The summed E-state index contributed by atoms with van der Waals surface area (Å²) in [6.45, 7) is 2.00. The number of ether oxygens (including phenoxy) is 1. The Morgan fingerprint density at radius 1 is 1.03 bits per heavy atom. The zero-order valence-corrected chi connectivity index (χ0v) is 16.4. The van der Waals surface area contributed by atoms with Crippen LogP contribution in [0.5, 0.6) is 5.75 Å². The predicted molar refractivity (Wildman–Crippen MR) is 106 cm³/mol. The van der Waals surface area contributed by atoms with E-state index in [0.717, 1.165) is 29.0 Å². The Bertz CT molecular complexity index is 1030. The maximum Gasteiger partial charge on any atom is 0.573 e. The largest absolute Gasteiger partial charge is 0.573 e. The molecule has 10 heteroatoms. The molecule has 3 rings (SSSR count). The van der Waals surface area contributed by atoms with E-state index in [9.17, 15) is 22.8 Å². The zero-order chi connectivity index (χ0) is 21.7. The first-order valence-corrected chi connectivity index (χ1v) is 9.49. The van der Waals surface area contributed by atoms with E-state index >= 15 is 0 Å². The average molecular weight is 435 g/mol. The third-order valence-corrected chi connectivity index (χ3v) is 4.94. The number of carbonyl (C=O) groups is 2. The summed E-state index contributed by atoms with van der Waals surface area (Å²) in [7, 11) is 0. The number of hydrogen-bond donors (Lipinski definition) is 2. The van der Waals surface area contributed by atoms with E-state index in [-0.39, 0.29) is 16.6 Å². The summed E-state index contributed by atoms with van der Waals surface area (Å²) in [5.74, 6) is -1.32. The van der Waals surface area contributed by atoms with E-state index in [4.69, 9.17) is 0 Å². The van der Waals surface area contributed by atoms with Gasteiger partial charge in [-0.2, -0.15) is 0 Å². The number of benzene rings is 2. The van der Waals surface area contributed by atoms with Crippen LogP contribution in [-0.2, 0) is 6.54 Å². The molecule has 2 aromatic carbocycles. The van der Waals surface area contributed by atoms with Crippen molar-refractivity contribution in [3.63, 3.8) is 0 Å². The van der Waals surface area contributed by atoms with Gasteiger partial charge in [-0.1, -0.05) is 41.7 Å². The van der Waals surface area contributed by atoms with Crippen molar-refractivity contribution >= 4 is 28.3 Å². The second-order valence-electron chi connectivity index (χ2n) is 6.13. The Balaban J connectivity index is 1.62. The number of amides is 2. The van der Waals surface area contributed by atoms with Crippen molar-refractivity contribution in [3.05, 3.63) is 76.3 Å². The first-order chi connectivity index (χ1) is 14.2. The van der Waals surface area contributed by atoms with E-state index in [1.165, 1.54) is 12.1 Å². The molecule has 30 heavy (non-hydrogen) atoms. The number of nitrogens with zero attached hydrogens (tertiary/aromatic N) is 1. The van der Waals surface area contributed by atoms with Crippen molar-refractivity contribution in [2.24, 2.45) is 0 Å². The van der Waals surface area contributed by atoms with Crippen molar-refractivity contribution < 1.29 is 27.5 Å². The van der Waals surface area contributed by atoms with E-state index in [2.05, 4.69) is 20.4 Å². The van der Waals surface area contributed by atoms with Crippen LogP contribution < -0.4 is 15.4 Å². The number of rotatable bonds is 6. The minimum absolute atomic E-state index is 0.118. The molecule has 0 saturated carbocycles. The third-order valence-electron chi connectivity index (χ3n) is 3.87. The van der Waals surface area contributed by atoms with E-state index < -0.39 is 18.0 Å². The summed E-state index contributed by atoms with van der Waals surface area (Å²) in [6.07, 6.45) is -4.81. The summed E-state index contributed by atoms with van der Waals surface area (Å²) in [5.41, 5.74) is 1.52. The molecule has 0 unspecified atom stereocenters. The number of nitrogens with one attached hydrogen (secondary N) is 2. The normalized spacial score (nSPS) is 11.1. The molecule has 0 fully saturated rings. The number of anilines is 1. The van der Waals surface area contributed by atoms with E-state index in [0.29, 0.717) is 17.1 Å². The molecule has 3 aromatic rings. The van der Waals surface area contributed by atoms with Gasteiger partial charge in [0.2, 0.25) is 0 Å². The van der Waals surface area contributed by atoms with Crippen molar-refractivity contribution in [1.29, 1.82) is 0 Å². The monoisotopic (exact) mass is 435 g/mol. The summed E-state index contributed by atoms with van der Waals surface area (Å²) >= 11 is 1.01. The smallest absolute Gasteiger partial charge is 0.406 e. The molecule has 1 heterocycles. The number of aromatic nitrogens is 1. The van der Waals surface area contributed by atoms with Gasteiger partial charge in [-0.05, 0) is 36.8 Å². The fourth-order valence-corrected chi connectivity index (χ4v) is 3.37. The minimum Gasteiger partial charge on any atom is -0.406 e. The molecular weight excluding hydrogens is 419 g/mol. The average Bonchev–Trinajstić information content (AvgIpc) is 3.06. The summed E-state index contributed by atoms with van der Waals surface area (Å²) in [4.78, 5) is 29.2. The summed E-state index contributed by atoms with van der Waals surface area (Å²) in [6, 6.07) is 13.9. The molecule has 1 aromatic heterocycles. The fourth-order valence-electron chi connectivity index (χ4n) is 2.50. The van der Waals surface area contributed by atoms with Gasteiger partial charge in [0.1, 0.15) is 10.6 Å². The molecule has 0 atom stereocenters. The highest BCUT2D eigenvalue weighted by Gasteiger charge is 2.31. The lowest BCUT2D eigenvalue weighted by atomic mass is 10.2. The van der Waals surface area contributed by atoms with Crippen LogP contribution in [-0.4, -0.2) is 23.2 Å². The Hall–Kier alpha value is -3.40. The van der Waals surface area contributed by atoms with Crippen molar-refractivity contribution in [1.82, 2.24) is 10.3 Å². The topological polar surface area (TPSA) is 80.3 Å². The maximum absolute atomic E-state index is 12.4. The van der Waals surface area contributed by atoms with Crippen molar-refractivity contribution in [3.8, 4) is 5.75 Å². The van der Waals surface area contributed by atoms with Gasteiger partial charge < -0.3 is 10.1 Å². The Kier molecular flexibility index (Phi) is 6.36. The number of alkyl halides is 3. The van der Waals surface area contributed by atoms with Gasteiger partial charge in [-0.15, -0.1) is 13.2 Å². The highest BCUT2D eigenvalue weighted by Crippen LogP contribution is 2.25. The van der Waals surface area contributed by atoms with Gasteiger partial charge in [-0.3, -0.25) is 14.9 Å². The van der Waals surface area contributed by atoms with Crippen LogP contribution in [0.1, 0.15) is 31.3 Å². The lowest BCUT2D eigenvalue weighted by Crippen LogP contribution is -2.22. The van der Waals surface area contributed by atoms with Gasteiger partial charge in [0.05, 0.1) is 5.69 Å². The Morgan fingerprint density at radius 3 is 2.33 bits per heavy atom. The quantitative estimate of drug-likeness (QED) is 0.596. The van der Waals surface area contributed by atoms with Crippen LogP contribution in [0.4, 0.5) is 18.3 Å². The van der Waals surface area contributed by atoms with Gasteiger partial charge in [0.15, 0.2) is 5.13 Å². The third kappa shape index (κ3) is 5.80. The molecule has 0 saturated heterocycles. The zero-order valence-electron chi connectivity index (χ0n) is 15.6. The molecule has 0 aliphatic carbocycles. The second kappa shape index (κ2) is 8.95. The fraction of sp³-hybridized carbons (Fsp3) is 0.150. The van der Waals surface area contributed by atoms with E-state index in [1.54, 1.807) is 6.92 Å². The maximum atomic E-state index is 12.4. The minimum atomic E-state index is -4.81. The molecule has 0 bridgehead atoms. The van der Waals surface area contributed by atoms with Crippen LogP contribution in [0.15, 0.2) is 54.6 Å². The molecular formula is C20H16F3N3O3S. The number of halogens is 3. The lowest BCUT2D eigenvalue weighted by Gasteiger charge is -2.09. The SMILES string of the molecule is Cc1nc(NC(=O)c2ccc(OC(F)(F)F)cc2)sc1C(=O)NCc1ccccc1. The van der Waals surface area contributed by atoms with Gasteiger partial charge in [-0.25, -0.2) is 4.98 Å². The molecule has 2 amide bonds.